The van der Waals surface area contributed by atoms with E-state index in [0.29, 0.717) is 18.1 Å². The molecule has 1 aromatic carbocycles. The number of aromatic nitrogens is 2. The summed E-state index contributed by atoms with van der Waals surface area (Å²) in [6.07, 6.45) is 6.13. The Morgan fingerprint density at radius 2 is 2.00 bits per heavy atom. The van der Waals surface area contributed by atoms with Crippen molar-refractivity contribution in [2.45, 2.75) is 19.3 Å². The number of carbonyl (C=O) groups excluding carboxylic acids is 1. The first kappa shape index (κ1) is 16.2. The molecule has 1 amide bonds. The fourth-order valence-electron chi connectivity index (χ4n) is 2.85. The van der Waals surface area contributed by atoms with Crippen LogP contribution in [0.4, 0.5) is 5.82 Å². The summed E-state index contributed by atoms with van der Waals surface area (Å²) in [5, 5.41) is 3.23. The molecule has 1 fully saturated rings. The van der Waals surface area contributed by atoms with Gasteiger partial charge in [-0.05, 0) is 30.9 Å². The molecule has 1 saturated heterocycles. The topological polar surface area (TPSA) is 67.3 Å². The molecular formula is C18H22N4O2. The van der Waals surface area contributed by atoms with E-state index in [2.05, 4.69) is 15.3 Å². The van der Waals surface area contributed by atoms with Crippen LogP contribution in [-0.4, -0.2) is 47.5 Å². The molecule has 0 saturated carbocycles. The third kappa shape index (κ3) is 3.82. The van der Waals surface area contributed by atoms with Crippen LogP contribution in [0.1, 0.15) is 28.9 Å². The monoisotopic (exact) mass is 326 g/mol. The summed E-state index contributed by atoms with van der Waals surface area (Å²) < 4.78 is 5.34. The maximum atomic E-state index is 12.2. The summed E-state index contributed by atoms with van der Waals surface area (Å²) in [7, 11) is 1.67. The first-order valence-corrected chi connectivity index (χ1v) is 8.25. The van der Waals surface area contributed by atoms with Gasteiger partial charge in [-0.15, -0.1) is 0 Å². The zero-order valence-electron chi connectivity index (χ0n) is 13.9. The molecule has 1 N–H and O–H groups in total. The van der Waals surface area contributed by atoms with Crippen molar-refractivity contribution in [2.24, 2.45) is 0 Å². The van der Waals surface area contributed by atoms with Crippen molar-refractivity contribution in [1.29, 1.82) is 0 Å². The molecule has 24 heavy (non-hydrogen) atoms. The molecule has 2 aromatic rings. The summed E-state index contributed by atoms with van der Waals surface area (Å²) in [4.78, 5) is 22.6. The van der Waals surface area contributed by atoms with Crippen LogP contribution in [0.5, 0.6) is 5.75 Å². The number of hydrogen-bond donors (Lipinski definition) is 1. The van der Waals surface area contributed by atoms with Gasteiger partial charge >= 0.3 is 0 Å². The van der Waals surface area contributed by atoms with Crippen molar-refractivity contribution < 1.29 is 9.53 Å². The van der Waals surface area contributed by atoms with Gasteiger partial charge in [0.25, 0.3) is 5.91 Å². The number of para-hydroxylation sites is 1. The Balaban J connectivity index is 1.53. The number of rotatable bonds is 6. The first-order valence-electron chi connectivity index (χ1n) is 8.25. The van der Waals surface area contributed by atoms with Crippen LogP contribution < -0.4 is 10.1 Å². The van der Waals surface area contributed by atoms with E-state index in [1.807, 2.05) is 29.2 Å². The minimum atomic E-state index is -0.0272. The summed E-state index contributed by atoms with van der Waals surface area (Å²) >= 11 is 0. The molecule has 0 bridgehead atoms. The van der Waals surface area contributed by atoms with Gasteiger partial charge in [0.1, 0.15) is 17.3 Å². The van der Waals surface area contributed by atoms with Crippen LogP contribution in [0.15, 0.2) is 36.7 Å². The van der Waals surface area contributed by atoms with Gasteiger partial charge in [-0.3, -0.25) is 4.79 Å². The van der Waals surface area contributed by atoms with Crippen molar-refractivity contribution in [3.63, 3.8) is 0 Å². The highest BCUT2D eigenvalue weighted by molar-refractivity contribution is 5.92. The minimum absolute atomic E-state index is 0.0272. The van der Waals surface area contributed by atoms with Gasteiger partial charge in [0, 0.05) is 19.6 Å². The molecule has 0 radical (unpaired) electrons. The second-order valence-electron chi connectivity index (χ2n) is 5.77. The van der Waals surface area contributed by atoms with Crippen molar-refractivity contribution in [3.8, 4) is 5.75 Å². The second kappa shape index (κ2) is 7.77. The normalized spacial score (nSPS) is 13.8. The molecule has 1 aliphatic rings. The van der Waals surface area contributed by atoms with Crippen LogP contribution in [0, 0.1) is 0 Å². The highest BCUT2D eigenvalue weighted by Crippen LogP contribution is 2.17. The second-order valence-corrected chi connectivity index (χ2v) is 5.77. The summed E-state index contributed by atoms with van der Waals surface area (Å²) in [5.74, 6) is 1.53. The Kier molecular flexibility index (Phi) is 5.25. The van der Waals surface area contributed by atoms with Crippen LogP contribution in [0.25, 0.3) is 0 Å². The molecule has 0 unspecified atom stereocenters. The number of anilines is 1. The Morgan fingerprint density at radius 3 is 2.71 bits per heavy atom. The van der Waals surface area contributed by atoms with E-state index in [-0.39, 0.29) is 5.91 Å². The molecule has 1 aromatic heterocycles. The standard InChI is InChI=1S/C18H22N4O2/c1-24-16-7-3-2-6-14(16)8-9-19-17-13-20-15(12-21-17)18(23)22-10-4-5-11-22/h2-3,6-7,12-13H,4-5,8-11H2,1H3,(H,19,21). The lowest BCUT2D eigenvalue weighted by Crippen LogP contribution is -2.28. The summed E-state index contributed by atoms with van der Waals surface area (Å²) in [5.41, 5.74) is 1.55. The Morgan fingerprint density at radius 1 is 1.21 bits per heavy atom. The van der Waals surface area contributed by atoms with Crippen molar-refractivity contribution in [3.05, 3.63) is 47.9 Å². The number of likely N-dealkylation sites (tertiary alicyclic amines) is 1. The maximum absolute atomic E-state index is 12.2. The molecule has 126 valence electrons. The number of nitrogens with zero attached hydrogens (tertiary/aromatic N) is 3. The van der Waals surface area contributed by atoms with Crippen LogP contribution in [0.2, 0.25) is 0 Å². The predicted octanol–water partition coefficient (Wildman–Crippen LogP) is 2.38. The van der Waals surface area contributed by atoms with Crippen molar-refractivity contribution >= 4 is 11.7 Å². The van der Waals surface area contributed by atoms with Gasteiger partial charge in [0.2, 0.25) is 0 Å². The minimum Gasteiger partial charge on any atom is -0.496 e. The summed E-state index contributed by atoms with van der Waals surface area (Å²) in [6, 6.07) is 7.95. The van der Waals surface area contributed by atoms with Crippen molar-refractivity contribution in [2.75, 3.05) is 32.1 Å². The smallest absolute Gasteiger partial charge is 0.274 e. The third-order valence-corrected chi connectivity index (χ3v) is 4.16. The van der Waals surface area contributed by atoms with Gasteiger partial charge in [-0.1, -0.05) is 18.2 Å². The lowest BCUT2D eigenvalue weighted by molar-refractivity contribution is 0.0786. The zero-order valence-corrected chi connectivity index (χ0v) is 13.9. The van der Waals surface area contributed by atoms with E-state index < -0.39 is 0 Å². The number of ether oxygens (including phenoxy) is 1. The molecule has 2 heterocycles. The molecule has 1 aliphatic heterocycles. The lowest BCUT2D eigenvalue weighted by Gasteiger charge is -2.14. The van der Waals surface area contributed by atoms with E-state index in [4.69, 9.17) is 4.74 Å². The lowest BCUT2D eigenvalue weighted by atomic mass is 10.1. The average Bonchev–Trinajstić information content (AvgIpc) is 3.17. The zero-order chi connectivity index (χ0) is 16.8. The van der Waals surface area contributed by atoms with Crippen LogP contribution in [0.3, 0.4) is 0 Å². The predicted molar refractivity (Wildman–Crippen MR) is 92.4 cm³/mol. The number of carbonyl (C=O) groups is 1. The molecular weight excluding hydrogens is 304 g/mol. The third-order valence-electron chi connectivity index (χ3n) is 4.16. The van der Waals surface area contributed by atoms with Gasteiger partial charge in [-0.2, -0.15) is 0 Å². The van der Waals surface area contributed by atoms with Gasteiger partial charge < -0.3 is 15.0 Å². The van der Waals surface area contributed by atoms with Gasteiger partial charge in [-0.25, -0.2) is 9.97 Å². The summed E-state index contributed by atoms with van der Waals surface area (Å²) in [6.45, 7) is 2.35. The molecule has 0 atom stereocenters. The van der Waals surface area contributed by atoms with Crippen LogP contribution in [-0.2, 0) is 6.42 Å². The quantitative estimate of drug-likeness (QED) is 0.883. The number of hydrogen-bond acceptors (Lipinski definition) is 5. The molecule has 3 rings (SSSR count). The van der Waals surface area contributed by atoms with E-state index in [9.17, 15) is 4.79 Å². The number of benzene rings is 1. The number of nitrogens with one attached hydrogen (secondary N) is 1. The molecule has 0 aliphatic carbocycles. The Bertz CT molecular complexity index is 682. The molecule has 6 nitrogen and oxygen atoms in total. The van der Waals surface area contributed by atoms with E-state index in [0.717, 1.165) is 43.7 Å². The maximum Gasteiger partial charge on any atom is 0.274 e. The number of amides is 1. The van der Waals surface area contributed by atoms with E-state index in [1.165, 1.54) is 0 Å². The van der Waals surface area contributed by atoms with Crippen molar-refractivity contribution in [1.82, 2.24) is 14.9 Å². The number of methoxy groups -OCH3 is 1. The van der Waals surface area contributed by atoms with Crippen LogP contribution >= 0.6 is 0 Å². The Labute approximate surface area is 141 Å². The average molecular weight is 326 g/mol. The molecule has 0 spiro atoms. The molecule has 6 heteroatoms. The van der Waals surface area contributed by atoms with Gasteiger partial charge in [0.15, 0.2) is 0 Å². The fourth-order valence-corrected chi connectivity index (χ4v) is 2.85. The largest absolute Gasteiger partial charge is 0.496 e. The van der Waals surface area contributed by atoms with Gasteiger partial charge in [0.05, 0.1) is 19.5 Å². The highest BCUT2D eigenvalue weighted by Gasteiger charge is 2.20. The fraction of sp³-hybridized carbons (Fsp3) is 0.389. The first-order chi connectivity index (χ1) is 11.8. The SMILES string of the molecule is COc1ccccc1CCNc1cnc(C(=O)N2CCCC2)cn1. The van der Waals surface area contributed by atoms with E-state index >= 15 is 0 Å². The van der Waals surface area contributed by atoms with E-state index in [1.54, 1.807) is 19.5 Å². The highest BCUT2D eigenvalue weighted by atomic mass is 16.5. The Hall–Kier alpha value is -2.63.